The Kier molecular flexibility index (Phi) is 3.42. The molecule has 1 N–H and O–H groups in total. The van der Waals surface area contributed by atoms with Gasteiger partial charge in [-0.15, -0.1) is 11.3 Å². The molecule has 0 aromatic carbocycles. The Bertz CT molecular complexity index is 602. The molecule has 2 rings (SSSR count). The van der Waals surface area contributed by atoms with E-state index in [4.69, 9.17) is 10.4 Å². The van der Waals surface area contributed by atoms with Gasteiger partial charge in [0.05, 0.1) is 0 Å². The van der Waals surface area contributed by atoms with Crippen LogP contribution in [-0.2, 0) is 0 Å². The van der Waals surface area contributed by atoms with E-state index < -0.39 is 5.97 Å². The molecule has 0 fully saturated rings. The summed E-state index contributed by atoms with van der Waals surface area (Å²) in [5.74, 6) is -0.930. The fourth-order valence-electron chi connectivity index (χ4n) is 1.14. The number of hydrogen-bond donors (Lipinski definition) is 1. The van der Waals surface area contributed by atoms with E-state index in [-0.39, 0.29) is 0 Å². The van der Waals surface area contributed by atoms with E-state index in [2.05, 4.69) is 4.98 Å². The summed E-state index contributed by atoms with van der Waals surface area (Å²) in [6, 6.07) is 8.71. The summed E-state index contributed by atoms with van der Waals surface area (Å²) in [4.78, 5) is 15.9. The number of carboxylic acids is 1. The van der Waals surface area contributed by atoms with E-state index in [9.17, 15) is 4.79 Å². The third-order valence-corrected chi connectivity index (χ3v) is 3.82. The smallest absolute Gasteiger partial charge is 0.345 e. The lowest BCUT2D eigenvalue weighted by molar-refractivity contribution is 0.0702. The van der Waals surface area contributed by atoms with Crippen molar-refractivity contribution in [1.82, 2.24) is 4.98 Å². The molecule has 0 unspecified atom stereocenters. The van der Waals surface area contributed by atoms with Crippen LogP contribution in [0.4, 0.5) is 0 Å². The van der Waals surface area contributed by atoms with Crippen molar-refractivity contribution in [3.05, 3.63) is 40.2 Å². The molecule has 2 heterocycles. The summed E-state index contributed by atoms with van der Waals surface area (Å²) in [5, 5.41) is 19.9. The topological polar surface area (TPSA) is 74.0 Å². The first kappa shape index (κ1) is 11.6. The third kappa shape index (κ3) is 2.84. The van der Waals surface area contributed by atoms with Crippen molar-refractivity contribution < 1.29 is 9.90 Å². The Morgan fingerprint density at radius 3 is 3.00 bits per heavy atom. The number of carboxylic acid groups (broad SMARTS) is 1. The molecule has 0 saturated carbocycles. The zero-order valence-corrected chi connectivity index (χ0v) is 10.1. The molecule has 4 nitrogen and oxygen atoms in total. The zero-order chi connectivity index (χ0) is 12.3. The summed E-state index contributed by atoms with van der Waals surface area (Å²) in [6.07, 6.45) is 0. The molecule has 17 heavy (non-hydrogen) atoms. The van der Waals surface area contributed by atoms with Gasteiger partial charge in [0.15, 0.2) is 0 Å². The molecule has 0 aliphatic carbocycles. The summed E-state index contributed by atoms with van der Waals surface area (Å²) in [7, 11) is 0. The van der Waals surface area contributed by atoms with Gasteiger partial charge in [-0.2, -0.15) is 5.26 Å². The van der Waals surface area contributed by atoms with E-state index in [0.29, 0.717) is 15.6 Å². The summed E-state index contributed by atoms with van der Waals surface area (Å²) >= 11 is 2.51. The average molecular weight is 262 g/mol. The van der Waals surface area contributed by atoms with Crippen molar-refractivity contribution in [2.45, 2.75) is 9.92 Å². The van der Waals surface area contributed by atoms with Gasteiger partial charge in [0.1, 0.15) is 21.7 Å². The maximum Gasteiger partial charge on any atom is 0.345 e. The molecule has 6 heteroatoms. The number of hydrogen-bond acceptors (Lipinski definition) is 5. The number of pyridine rings is 1. The van der Waals surface area contributed by atoms with Crippen LogP contribution in [0.1, 0.15) is 15.4 Å². The second-order valence-electron chi connectivity index (χ2n) is 3.03. The molecule has 84 valence electrons. The van der Waals surface area contributed by atoms with Gasteiger partial charge in [-0.05, 0) is 18.2 Å². The number of nitriles is 1. The molecule has 2 aromatic heterocycles. The van der Waals surface area contributed by atoms with Crippen molar-refractivity contribution in [2.24, 2.45) is 0 Å². The van der Waals surface area contributed by atoms with Gasteiger partial charge in [0.25, 0.3) is 0 Å². The van der Waals surface area contributed by atoms with E-state index >= 15 is 0 Å². The minimum absolute atomic E-state index is 0.295. The van der Waals surface area contributed by atoms with Crippen LogP contribution in [0.3, 0.4) is 0 Å². The molecule has 0 saturated heterocycles. The minimum atomic E-state index is -0.930. The third-order valence-electron chi connectivity index (χ3n) is 1.85. The van der Waals surface area contributed by atoms with Crippen LogP contribution in [0.25, 0.3) is 0 Å². The van der Waals surface area contributed by atoms with Crippen LogP contribution in [0.15, 0.2) is 39.6 Å². The fraction of sp³-hybridized carbons (Fsp3) is 0. The second kappa shape index (κ2) is 4.99. The molecule has 0 bridgehead atoms. The molecule has 0 amide bonds. The lowest BCUT2D eigenvalue weighted by atomic mass is 10.4. The number of aromatic carboxylic acids is 1. The maximum atomic E-state index is 10.7. The number of carbonyl (C=O) groups is 1. The monoisotopic (exact) mass is 262 g/mol. The van der Waals surface area contributed by atoms with Crippen LogP contribution in [-0.4, -0.2) is 16.1 Å². The Hall–Kier alpha value is -1.84. The van der Waals surface area contributed by atoms with Gasteiger partial charge in [0.2, 0.25) is 0 Å². The predicted molar refractivity (Wildman–Crippen MR) is 64.4 cm³/mol. The fourth-order valence-corrected chi connectivity index (χ4v) is 2.87. The van der Waals surface area contributed by atoms with E-state index in [1.807, 2.05) is 6.07 Å². The highest BCUT2D eigenvalue weighted by molar-refractivity contribution is 7.99. The minimum Gasteiger partial charge on any atom is -0.477 e. The number of aromatic nitrogens is 1. The van der Waals surface area contributed by atoms with E-state index in [1.165, 1.54) is 23.1 Å². The molecule has 0 spiro atoms. The summed E-state index contributed by atoms with van der Waals surface area (Å²) in [5.41, 5.74) is 0.351. The van der Waals surface area contributed by atoms with Gasteiger partial charge in [-0.3, -0.25) is 0 Å². The predicted octanol–water partition coefficient (Wildman–Crippen LogP) is 2.86. The largest absolute Gasteiger partial charge is 0.477 e. The Morgan fingerprint density at radius 1 is 1.53 bits per heavy atom. The molecule has 2 aromatic rings. The number of nitrogens with zero attached hydrogens (tertiary/aromatic N) is 2. The highest BCUT2D eigenvalue weighted by Crippen LogP contribution is 2.30. The molecule has 0 atom stereocenters. The lowest BCUT2D eigenvalue weighted by Gasteiger charge is -1.97. The van der Waals surface area contributed by atoms with Crippen molar-refractivity contribution in [3.63, 3.8) is 0 Å². The Balaban J connectivity index is 2.19. The molecule has 0 aliphatic heterocycles. The standard InChI is InChI=1S/C11H6N2O2S2/c12-5-7-2-1-3-10(13-7)17-8-4-9(11(14)15)16-6-8/h1-4,6H,(H,14,15). The Morgan fingerprint density at radius 2 is 2.35 bits per heavy atom. The Labute approximate surface area is 106 Å². The van der Waals surface area contributed by atoms with Crippen molar-refractivity contribution in [3.8, 4) is 6.07 Å². The number of thiophene rings is 1. The first-order valence-corrected chi connectivity index (χ1v) is 6.25. The van der Waals surface area contributed by atoms with Crippen molar-refractivity contribution in [1.29, 1.82) is 5.26 Å². The van der Waals surface area contributed by atoms with Gasteiger partial charge in [-0.1, -0.05) is 17.8 Å². The van der Waals surface area contributed by atoms with Gasteiger partial charge in [-0.25, -0.2) is 9.78 Å². The average Bonchev–Trinajstić information content (AvgIpc) is 2.78. The number of rotatable bonds is 3. The molecular weight excluding hydrogens is 256 g/mol. The highest BCUT2D eigenvalue weighted by atomic mass is 32.2. The van der Waals surface area contributed by atoms with Crippen LogP contribution in [0, 0.1) is 11.3 Å². The van der Waals surface area contributed by atoms with Crippen LogP contribution < -0.4 is 0 Å². The SMILES string of the molecule is N#Cc1cccc(Sc2csc(C(=O)O)c2)n1. The maximum absolute atomic E-state index is 10.7. The van der Waals surface area contributed by atoms with Gasteiger partial charge < -0.3 is 5.11 Å². The van der Waals surface area contributed by atoms with Crippen molar-refractivity contribution >= 4 is 29.1 Å². The van der Waals surface area contributed by atoms with Gasteiger partial charge >= 0.3 is 5.97 Å². The normalized spacial score (nSPS) is 9.82. The quantitative estimate of drug-likeness (QED) is 0.920. The first-order valence-electron chi connectivity index (χ1n) is 4.56. The second-order valence-corrected chi connectivity index (χ2v) is 5.03. The van der Waals surface area contributed by atoms with Crippen LogP contribution >= 0.6 is 23.1 Å². The van der Waals surface area contributed by atoms with Gasteiger partial charge in [0, 0.05) is 10.3 Å². The first-order chi connectivity index (χ1) is 8.19. The van der Waals surface area contributed by atoms with Crippen molar-refractivity contribution in [2.75, 3.05) is 0 Å². The summed E-state index contributed by atoms with van der Waals surface area (Å²) < 4.78 is 0. The van der Waals surface area contributed by atoms with E-state index in [0.717, 1.165) is 4.90 Å². The molecule has 0 radical (unpaired) electrons. The molecule has 0 aliphatic rings. The van der Waals surface area contributed by atoms with E-state index in [1.54, 1.807) is 29.6 Å². The highest BCUT2D eigenvalue weighted by Gasteiger charge is 2.08. The molecular formula is C11H6N2O2S2. The van der Waals surface area contributed by atoms with Crippen LogP contribution in [0.5, 0.6) is 0 Å². The summed E-state index contributed by atoms with van der Waals surface area (Å²) in [6.45, 7) is 0. The van der Waals surface area contributed by atoms with Crippen LogP contribution in [0.2, 0.25) is 0 Å². The zero-order valence-electron chi connectivity index (χ0n) is 8.45. The lowest BCUT2D eigenvalue weighted by Crippen LogP contribution is -1.89.